The maximum absolute atomic E-state index is 12.5. The summed E-state index contributed by atoms with van der Waals surface area (Å²) in [5, 5.41) is 11.5. The Bertz CT molecular complexity index is 906. The highest BCUT2D eigenvalue weighted by Gasteiger charge is 2.21. The lowest BCUT2D eigenvalue weighted by Gasteiger charge is -2.06. The number of anilines is 1. The minimum Gasteiger partial charge on any atom is -0.361 e. The molecule has 1 N–H and O–H groups in total. The second-order valence-electron chi connectivity index (χ2n) is 4.86. The van der Waals surface area contributed by atoms with Crippen molar-refractivity contribution in [3.63, 3.8) is 0 Å². The van der Waals surface area contributed by atoms with Gasteiger partial charge < -0.3 is 9.84 Å². The molecule has 1 amide bonds. The van der Waals surface area contributed by atoms with Gasteiger partial charge in [0.25, 0.3) is 5.91 Å². The highest BCUT2D eigenvalue weighted by molar-refractivity contribution is 6.36. The normalized spacial score (nSPS) is 10.8. The summed E-state index contributed by atoms with van der Waals surface area (Å²) in [4.78, 5) is 16.4. The van der Waals surface area contributed by atoms with Crippen LogP contribution in [0.15, 0.2) is 29.2 Å². The third kappa shape index (κ3) is 3.53. The van der Waals surface area contributed by atoms with Crippen LogP contribution in [0.1, 0.15) is 21.8 Å². The molecule has 0 fully saturated rings. The molecule has 3 aromatic rings. The van der Waals surface area contributed by atoms with E-state index in [9.17, 15) is 4.79 Å². The van der Waals surface area contributed by atoms with Crippen molar-refractivity contribution < 1.29 is 9.32 Å². The first kappa shape index (κ1) is 16.8. The van der Waals surface area contributed by atoms with Crippen molar-refractivity contribution in [2.75, 3.05) is 5.32 Å². The minimum absolute atomic E-state index is 0.118. The molecular weight excluding hydrogens is 377 g/mol. The lowest BCUT2D eigenvalue weighted by atomic mass is 10.2. The monoisotopic (exact) mass is 385 g/mol. The largest absolute Gasteiger partial charge is 0.361 e. The van der Waals surface area contributed by atoms with Crippen molar-refractivity contribution in [2.45, 2.75) is 13.5 Å². The zero-order chi connectivity index (χ0) is 17.3. The maximum Gasteiger partial charge on any atom is 0.279 e. The molecule has 0 spiro atoms. The van der Waals surface area contributed by atoms with Crippen molar-refractivity contribution in [3.8, 4) is 0 Å². The van der Waals surface area contributed by atoms with Crippen LogP contribution in [-0.4, -0.2) is 25.8 Å². The quantitative estimate of drug-likeness (QED) is 0.736. The van der Waals surface area contributed by atoms with Crippen LogP contribution in [0, 0.1) is 6.92 Å². The van der Waals surface area contributed by atoms with Gasteiger partial charge >= 0.3 is 0 Å². The number of amides is 1. The number of hydrogen-bond donors (Lipinski definition) is 1. The molecule has 0 saturated heterocycles. The SMILES string of the molecule is Cc1onc(C(=O)Nc2ncc(Cl)cc2Cl)c1Cn1cc(Cl)cn1. The number of pyridine rings is 1. The maximum atomic E-state index is 12.5. The molecule has 0 radical (unpaired) electrons. The molecule has 24 heavy (non-hydrogen) atoms. The summed E-state index contributed by atoms with van der Waals surface area (Å²) in [5.74, 6) is 0.179. The van der Waals surface area contributed by atoms with Gasteiger partial charge in [-0.2, -0.15) is 5.10 Å². The van der Waals surface area contributed by atoms with Gasteiger partial charge in [0.1, 0.15) is 5.76 Å². The summed E-state index contributed by atoms with van der Waals surface area (Å²) < 4.78 is 6.70. The highest BCUT2D eigenvalue weighted by atomic mass is 35.5. The number of halogens is 3. The first-order chi connectivity index (χ1) is 11.4. The first-order valence-corrected chi connectivity index (χ1v) is 7.83. The zero-order valence-electron chi connectivity index (χ0n) is 12.3. The summed E-state index contributed by atoms with van der Waals surface area (Å²) in [6.07, 6.45) is 4.51. The van der Waals surface area contributed by atoms with E-state index in [4.69, 9.17) is 39.3 Å². The molecule has 0 bridgehead atoms. The number of aromatic nitrogens is 4. The van der Waals surface area contributed by atoms with Crippen LogP contribution in [0.5, 0.6) is 0 Å². The summed E-state index contributed by atoms with van der Waals surface area (Å²) in [6, 6.07) is 1.48. The lowest BCUT2D eigenvalue weighted by molar-refractivity contribution is 0.101. The Balaban J connectivity index is 1.85. The number of aryl methyl sites for hydroxylation is 1. The van der Waals surface area contributed by atoms with Crippen LogP contribution in [0.3, 0.4) is 0 Å². The number of nitrogens with one attached hydrogen (secondary N) is 1. The van der Waals surface area contributed by atoms with Gasteiger partial charge in [-0.1, -0.05) is 40.0 Å². The summed E-state index contributed by atoms with van der Waals surface area (Å²) >= 11 is 17.6. The molecule has 0 unspecified atom stereocenters. The van der Waals surface area contributed by atoms with Gasteiger partial charge in [0.05, 0.1) is 27.8 Å². The van der Waals surface area contributed by atoms with Crippen LogP contribution in [0.25, 0.3) is 0 Å². The van der Waals surface area contributed by atoms with E-state index in [0.29, 0.717) is 21.4 Å². The third-order valence-corrected chi connectivity index (χ3v) is 3.85. The highest BCUT2D eigenvalue weighted by Crippen LogP contribution is 2.24. The Morgan fingerprint density at radius 1 is 1.29 bits per heavy atom. The van der Waals surface area contributed by atoms with Gasteiger partial charge in [0.15, 0.2) is 11.5 Å². The number of carbonyl (C=O) groups excluding carboxylic acids is 1. The van der Waals surface area contributed by atoms with Gasteiger partial charge in [0, 0.05) is 18.0 Å². The van der Waals surface area contributed by atoms with E-state index >= 15 is 0 Å². The topological polar surface area (TPSA) is 85.8 Å². The molecular formula is C14H10Cl3N5O2. The molecule has 0 aliphatic rings. The van der Waals surface area contributed by atoms with E-state index in [2.05, 4.69) is 20.6 Å². The third-order valence-electron chi connectivity index (χ3n) is 3.16. The molecule has 0 aromatic carbocycles. The van der Waals surface area contributed by atoms with E-state index in [1.165, 1.54) is 18.5 Å². The van der Waals surface area contributed by atoms with E-state index in [-0.39, 0.29) is 23.1 Å². The molecule has 3 heterocycles. The molecule has 10 heteroatoms. The van der Waals surface area contributed by atoms with Crippen LogP contribution >= 0.6 is 34.8 Å². The molecule has 124 valence electrons. The van der Waals surface area contributed by atoms with E-state index < -0.39 is 5.91 Å². The fourth-order valence-electron chi connectivity index (χ4n) is 2.02. The van der Waals surface area contributed by atoms with Crippen LogP contribution in [-0.2, 0) is 6.54 Å². The number of hydrogen-bond acceptors (Lipinski definition) is 5. The van der Waals surface area contributed by atoms with Crippen LogP contribution in [0.2, 0.25) is 15.1 Å². The van der Waals surface area contributed by atoms with Gasteiger partial charge in [-0.05, 0) is 13.0 Å². The molecule has 3 aromatic heterocycles. The fraction of sp³-hybridized carbons (Fsp3) is 0.143. The average molecular weight is 387 g/mol. The second-order valence-corrected chi connectivity index (χ2v) is 6.14. The van der Waals surface area contributed by atoms with Gasteiger partial charge in [0.2, 0.25) is 0 Å². The van der Waals surface area contributed by atoms with Crippen molar-refractivity contribution in [3.05, 3.63) is 56.7 Å². The lowest BCUT2D eigenvalue weighted by Crippen LogP contribution is -2.17. The predicted octanol–water partition coefficient (Wildman–Crippen LogP) is 3.84. The van der Waals surface area contributed by atoms with Crippen molar-refractivity contribution in [2.24, 2.45) is 0 Å². The summed E-state index contributed by atoms with van der Waals surface area (Å²) in [5.41, 5.74) is 0.698. The molecule has 0 saturated carbocycles. The van der Waals surface area contributed by atoms with E-state index in [1.54, 1.807) is 17.8 Å². The Morgan fingerprint density at radius 3 is 2.75 bits per heavy atom. The average Bonchev–Trinajstić information content (AvgIpc) is 3.09. The molecule has 7 nitrogen and oxygen atoms in total. The smallest absolute Gasteiger partial charge is 0.279 e. The summed E-state index contributed by atoms with van der Waals surface area (Å²) in [6.45, 7) is 1.99. The minimum atomic E-state index is -0.503. The van der Waals surface area contributed by atoms with Crippen molar-refractivity contribution in [1.29, 1.82) is 0 Å². The Morgan fingerprint density at radius 2 is 2.08 bits per heavy atom. The van der Waals surface area contributed by atoms with Gasteiger partial charge in [-0.3, -0.25) is 9.48 Å². The number of carbonyl (C=O) groups is 1. The van der Waals surface area contributed by atoms with Gasteiger partial charge in [-0.25, -0.2) is 4.98 Å². The first-order valence-electron chi connectivity index (χ1n) is 6.69. The zero-order valence-corrected chi connectivity index (χ0v) is 14.5. The summed E-state index contributed by atoms with van der Waals surface area (Å²) in [7, 11) is 0. The second kappa shape index (κ2) is 6.80. The fourth-order valence-corrected chi connectivity index (χ4v) is 2.60. The predicted molar refractivity (Wildman–Crippen MR) is 89.8 cm³/mol. The standard InChI is InChI=1S/C14H10Cl3N5O2/c1-7-10(6-22-5-9(16)4-19-22)12(21-24-7)14(23)20-13-11(17)2-8(15)3-18-13/h2-5H,6H2,1H3,(H,18,20,23). The Kier molecular flexibility index (Phi) is 4.75. The molecule has 3 rings (SSSR count). The van der Waals surface area contributed by atoms with Crippen molar-refractivity contribution >= 4 is 46.5 Å². The van der Waals surface area contributed by atoms with E-state index in [0.717, 1.165) is 0 Å². The van der Waals surface area contributed by atoms with Gasteiger partial charge in [-0.15, -0.1) is 0 Å². The van der Waals surface area contributed by atoms with Crippen molar-refractivity contribution in [1.82, 2.24) is 19.9 Å². The number of nitrogens with zero attached hydrogens (tertiary/aromatic N) is 4. The van der Waals surface area contributed by atoms with Crippen LogP contribution in [0.4, 0.5) is 5.82 Å². The van der Waals surface area contributed by atoms with E-state index in [1.807, 2.05) is 0 Å². The number of rotatable bonds is 4. The Hall–Kier alpha value is -2.09. The van der Waals surface area contributed by atoms with Crippen LogP contribution < -0.4 is 5.32 Å². The molecule has 0 aliphatic heterocycles. The molecule has 0 aliphatic carbocycles. The Labute approximate surface area is 151 Å². The molecule has 0 atom stereocenters.